The monoisotopic (exact) mass is 238 g/mol. The first-order valence-electron chi connectivity index (χ1n) is 4.98. The first-order chi connectivity index (χ1) is 7.26. The molecule has 0 saturated carbocycles. The fraction of sp³-hybridized carbons (Fsp3) is 0.364. The van der Waals surface area contributed by atoms with Crippen LogP contribution >= 0.6 is 22.7 Å². The average Bonchev–Trinajstić information content (AvgIpc) is 2.82. The number of rotatable bonds is 3. The zero-order chi connectivity index (χ0) is 10.8. The molecule has 0 aliphatic heterocycles. The molecule has 0 aliphatic rings. The fourth-order valence-electron chi connectivity index (χ4n) is 1.51. The molecule has 2 aromatic heterocycles. The van der Waals surface area contributed by atoms with E-state index in [1.807, 2.05) is 0 Å². The van der Waals surface area contributed by atoms with Crippen molar-refractivity contribution in [3.05, 3.63) is 26.9 Å². The number of aryl methyl sites for hydroxylation is 2. The zero-order valence-electron chi connectivity index (χ0n) is 8.91. The lowest BCUT2D eigenvalue weighted by Gasteiger charge is -1.92. The van der Waals surface area contributed by atoms with Crippen molar-refractivity contribution in [3.8, 4) is 10.6 Å². The Morgan fingerprint density at radius 2 is 2.20 bits per heavy atom. The van der Waals surface area contributed by atoms with Crippen LogP contribution < -0.4 is 5.73 Å². The van der Waals surface area contributed by atoms with Gasteiger partial charge in [0.05, 0.1) is 5.69 Å². The Bertz CT molecular complexity index is 435. The smallest absolute Gasteiger partial charge is 0.125 e. The maximum Gasteiger partial charge on any atom is 0.125 e. The van der Waals surface area contributed by atoms with E-state index in [0.717, 1.165) is 17.1 Å². The second kappa shape index (κ2) is 4.43. The minimum atomic E-state index is 0.601. The number of hydrogen-bond acceptors (Lipinski definition) is 4. The van der Waals surface area contributed by atoms with E-state index in [1.54, 1.807) is 22.7 Å². The Hall–Kier alpha value is -0.710. The van der Waals surface area contributed by atoms with Gasteiger partial charge in [-0.2, -0.15) is 11.3 Å². The lowest BCUT2D eigenvalue weighted by atomic mass is 10.2. The van der Waals surface area contributed by atoms with Crippen molar-refractivity contribution in [2.45, 2.75) is 26.8 Å². The lowest BCUT2D eigenvalue weighted by molar-refractivity contribution is 0.989. The highest BCUT2D eigenvalue weighted by molar-refractivity contribution is 7.15. The van der Waals surface area contributed by atoms with E-state index in [2.05, 4.69) is 29.6 Å². The molecule has 2 aromatic rings. The number of nitrogens with zero attached hydrogens (tertiary/aromatic N) is 1. The van der Waals surface area contributed by atoms with Gasteiger partial charge in [-0.1, -0.05) is 6.92 Å². The summed E-state index contributed by atoms with van der Waals surface area (Å²) in [6.07, 6.45) is 0.965. The van der Waals surface area contributed by atoms with Gasteiger partial charge in [-0.05, 0) is 24.3 Å². The van der Waals surface area contributed by atoms with Gasteiger partial charge in [0, 0.05) is 22.4 Å². The van der Waals surface area contributed by atoms with E-state index in [0.29, 0.717) is 6.54 Å². The number of hydrogen-bond donors (Lipinski definition) is 1. The molecule has 0 atom stereocenters. The van der Waals surface area contributed by atoms with Crippen molar-refractivity contribution in [3.63, 3.8) is 0 Å². The summed E-state index contributed by atoms with van der Waals surface area (Å²) in [6.45, 7) is 4.85. The van der Waals surface area contributed by atoms with Gasteiger partial charge in [-0.15, -0.1) is 11.3 Å². The van der Waals surface area contributed by atoms with Crippen molar-refractivity contribution < 1.29 is 0 Å². The van der Waals surface area contributed by atoms with Crippen LogP contribution in [-0.2, 0) is 13.0 Å². The van der Waals surface area contributed by atoms with Crippen molar-refractivity contribution in [2.75, 3.05) is 0 Å². The minimum absolute atomic E-state index is 0.601. The summed E-state index contributed by atoms with van der Waals surface area (Å²) in [4.78, 5) is 5.87. The third kappa shape index (κ3) is 1.97. The van der Waals surface area contributed by atoms with Gasteiger partial charge in [0.2, 0.25) is 0 Å². The van der Waals surface area contributed by atoms with E-state index in [9.17, 15) is 0 Å². The van der Waals surface area contributed by atoms with Gasteiger partial charge in [0.15, 0.2) is 0 Å². The van der Waals surface area contributed by atoms with Crippen molar-refractivity contribution in [1.82, 2.24) is 4.98 Å². The molecule has 2 N–H and O–H groups in total. The van der Waals surface area contributed by atoms with Crippen LogP contribution in [0.4, 0.5) is 0 Å². The van der Waals surface area contributed by atoms with Crippen LogP contribution in [0.25, 0.3) is 10.6 Å². The van der Waals surface area contributed by atoms with E-state index >= 15 is 0 Å². The molecule has 2 nitrogen and oxygen atoms in total. The Balaban J connectivity index is 2.46. The highest BCUT2D eigenvalue weighted by Gasteiger charge is 2.11. The molecule has 0 amide bonds. The molecule has 0 aliphatic carbocycles. The topological polar surface area (TPSA) is 38.9 Å². The summed E-state index contributed by atoms with van der Waals surface area (Å²) in [6, 6.07) is 0. The Morgan fingerprint density at radius 1 is 1.40 bits per heavy atom. The summed E-state index contributed by atoms with van der Waals surface area (Å²) in [5.74, 6) is 0. The number of nitrogens with two attached hydrogens (primary N) is 1. The van der Waals surface area contributed by atoms with Crippen molar-refractivity contribution in [2.24, 2.45) is 5.73 Å². The molecule has 0 bridgehead atoms. The van der Waals surface area contributed by atoms with E-state index in [-0.39, 0.29) is 0 Å². The third-order valence-electron chi connectivity index (χ3n) is 2.38. The third-order valence-corrected chi connectivity index (χ3v) is 4.40. The van der Waals surface area contributed by atoms with Gasteiger partial charge in [0.25, 0.3) is 0 Å². The van der Waals surface area contributed by atoms with Crippen molar-refractivity contribution in [1.29, 1.82) is 0 Å². The molecule has 0 fully saturated rings. The SMILES string of the molecule is CCc1nc(-c2cscc2C)sc1CN. The molecule has 0 aromatic carbocycles. The van der Waals surface area contributed by atoms with Crippen LogP contribution in [0, 0.1) is 6.92 Å². The normalized spacial score (nSPS) is 10.9. The predicted octanol–water partition coefficient (Wildman–Crippen LogP) is 3.20. The van der Waals surface area contributed by atoms with Crippen LogP contribution in [0.5, 0.6) is 0 Å². The van der Waals surface area contributed by atoms with Crippen LogP contribution in [-0.4, -0.2) is 4.98 Å². The quantitative estimate of drug-likeness (QED) is 0.892. The predicted molar refractivity (Wildman–Crippen MR) is 67.4 cm³/mol. The van der Waals surface area contributed by atoms with Crippen molar-refractivity contribution >= 4 is 22.7 Å². The summed E-state index contributed by atoms with van der Waals surface area (Å²) >= 11 is 3.45. The fourth-order valence-corrected chi connectivity index (χ4v) is 3.53. The molecule has 0 spiro atoms. The molecule has 80 valence electrons. The molecule has 2 rings (SSSR count). The van der Waals surface area contributed by atoms with Gasteiger partial charge in [0.1, 0.15) is 5.01 Å². The lowest BCUT2D eigenvalue weighted by Crippen LogP contribution is -1.96. The van der Waals surface area contributed by atoms with Crippen LogP contribution in [0.1, 0.15) is 23.1 Å². The molecule has 15 heavy (non-hydrogen) atoms. The molecular formula is C11H14N2S2. The average molecular weight is 238 g/mol. The molecular weight excluding hydrogens is 224 g/mol. The standard InChI is InChI=1S/C11H14N2S2/c1-3-9-10(4-12)15-11(13-9)8-6-14-5-7(8)2/h5-6H,3-4,12H2,1-2H3. The minimum Gasteiger partial charge on any atom is -0.326 e. The Morgan fingerprint density at radius 3 is 2.67 bits per heavy atom. The zero-order valence-corrected chi connectivity index (χ0v) is 10.5. The molecule has 0 unspecified atom stereocenters. The first kappa shape index (κ1) is 10.8. The Kier molecular flexibility index (Phi) is 3.19. The highest BCUT2D eigenvalue weighted by atomic mass is 32.1. The van der Waals surface area contributed by atoms with Gasteiger partial charge in [-0.25, -0.2) is 4.98 Å². The largest absolute Gasteiger partial charge is 0.326 e. The number of thiophene rings is 1. The van der Waals surface area contributed by atoms with E-state index in [1.165, 1.54) is 16.0 Å². The summed E-state index contributed by atoms with van der Waals surface area (Å²) in [7, 11) is 0. The van der Waals surface area contributed by atoms with Crippen LogP contribution in [0.2, 0.25) is 0 Å². The second-order valence-electron chi connectivity index (χ2n) is 3.42. The summed E-state index contributed by atoms with van der Waals surface area (Å²) in [5, 5.41) is 5.43. The Labute approximate surface area is 97.8 Å². The van der Waals surface area contributed by atoms with Crippen LogP contribution in [0.15, 0.2) is 10.8 Å². The molecule has 2 heterocycles. The van der Waals surface area contributed by atoms with Gasteiger partial charge < -0.3 is 5.73 Å². The molecule has 4 heteroatoms. The highest BCUT2D eigenvalue weighted by Crippen LogP contribution is 2.32. The van der Waals surface area contributed by atoms with E-state index < -0.39 is 0 Å². The number of aromatic nitrogens is 1. The second-order valence-corrected chi connectivity index (χ2v) is 5.24. The summed E-state index contributed by atoms with van der Waals surface area (Å²) in [5.41, 5.74) is 9.43. The van der Waals surface area contributed by atoms with E-state index in [4.69, 9.17) is 5.73 Å². The maximum atomic E-state index is 5.70. The molecule has 0 radical (unpaired) electrons. The van der Waals surface area contributed by atoms with Crippen LogP contribution in [0.3, 0.4) is 0 Å². The number of thiazole rings is 1. The maximum absolute atomic E-state index is 5.70. The van der Waals surface area contributed by atoms with Gasteiger partial charge >= 0.3 is 0 Å². The first-order valence-corrected chi connectivity index (χ1v) is 6.74. The summed E-state index contributed by atoms with van der Waals surface area (Å²) < 4.78 is 0. The molecule has 0 saturated heterocycles. The van der Waals surface area contributed by atoms with Gasteiger partial charge in [-0.3, -0.25) is 0 Å².